The maximum Gasteiger partial charge on any atom is 0.224 e. The summed E-state index contributed by atoms with van der Waals surface area (Å²) in [5.74, 6) is -0.133. The van der Waals surface area contributed by atoms with Crippen LogP contribution in [0.3, 0.4) is 0 Å². The summed E-state index contributed by atoms with van der Waals surface area (Å²) in [5, 5.41) is 3.07. The van der Waals surface area contributed by atoms with Gasteiger partial charge in [0.15, 0.2) is 0 Å². The first kappa shape index (κ1) is 14.1. The van der Waals surface area contributed by atoms with Crippen LogP contribution in [-0.2, 0) is 4.79 Å². The lowest BCUT2D eigenvalue weighted by Crippen LogP contribution is -2.38. The molecule has 3 heteroatoms. The number of nitrogens with one attached hydrogen (secondary N) is 1. The molecule has 1 fully saturated rings. The fraction of sp³-hybridized carbons (Fsp3) is 0.562. The molecule has 1 saturated carbocycles. The standard InChI is InChI=1S/C16H24N2O/c1-3-16(9-10-16)11-18-15(19)12(2)14(17)13-7-5-4-6-8-13/h4-8,12,14H,3,9-11,17H2,1-2H3,(H,18,19). The van der Waals surface area contributed by atoms with Crippen LogP contribution in [0.25, 0.3) is 0 Å². The van der Waals surface area contributed by atoms with Gasteiger partial charge in [-0.15, -0.1) is 0 Å². The second-order valence-corrected chi connectivity index (χ2v) is 5.80. The summed E-state index contributed by atoms with van der Waals surface area (Å²) < 4.78 is 0. The second kappa shape index (κ2) is 5.74. The molecule has 19 heavy (non-hydrogen) atoms. The average Bonchev–Trinajstić information content (AvgIpc) is 3.25. The van der Waals surface area contributed by atoms with Gasteiger partial charge in [0.1, 0.15) is 0 Å². The minimum atomic E-state index is -0.238. The normalized spacial score (nSPS) is 19.5. The SMILES string of the molecule is CCC1(CNC(=O)C(C)C(N)c2ccccc2)CC1. The van der Waals surface area contributed by atoms with Crippen LogP contribution < -0.4 is 11.1 Å². The summed E-state index contributed by atoms with van der Waals surface area (Å²) in [5.41, 5.74) is 7.56. The number of hydrogen-bond donors (Lipinski definition) is 2. The fourth-order valence-corrected chi connectivity index (χ4v) is 2.39. The predicted molar refractivity (Wildman–Crippen MR) is 77.5 cm³/mol. The van der Waals surface area contributed by atoms with E-state index >= 15 is 0 Å². The van der Waals surface area contributed by atoms with Gasteiger partial charge in [-0.2, -0.15) is 0 Å². The van der Waals surface area contributed by atoms with Crippen molar-refractivity contribution in [2.24, 2.45) is 17.1 Å². The molecule has 1 aromatic carbocycles. The lowest BCUT2D eigenvalue weighted by Gasteiger charge is -2.21. The highest BCUT2D eigenvalue weighted by atomic mass is 16.1. The summed E-state index contributed by atoms with van der Waals surface area (Å²) in [6.07, 6.45) is 3.62. The minimum absolute atomic E-state index is 0.0658. The van der Waals surface area contributed by atoms with Crippen LogP contribution in [0.1, 0.15) is 44.7 Å². The van der Waals surface area contributed by atoms with Gasteiger partial charge in [0.25, 0.3) is 0 Å². The Morgan fingerprint density at radius 2 is 2.00 bits per heavy atom. The Kier molecular flexibility index (Phi) is 4.25. The fourth-order valence-electron chi connectivity index (χ4n) is 2.39. The van der Waals surface area contributed by atoms with E-state index in [9.17, 15) is 4.79 Å². The highest BCUT2D eigenvalue weighted by molar-refractivity contribution is 5.79. The first-order valence-corrected chi connectivity index (χ1v) is 7.16. The van der Waals surface area contributed by atoms with Gasteiger partial charge in [-0.05, 0) is 30.2 Å². The quantitative estimate of drug-likeness (QED) is 0.826. The van der Waals surface area contributed by atoms with Crippen LogP contribution in [0, 0.1) is 11.3 Å². The summed E-state index contributed by atoms with van der Waals surface area (Å²) in [6, 6.07) is 9.58. The van der Waals surface area contributed by atoms with Crippen molar-refractivity contribution in [3.63, 3.8) is 0 Å². The minimum Gasteiger partial charge on any atom is -0.355 e. The first-order valence-electron chi connectivity index (χ1n) is 7.16. The van der Waals surface area contributed by atoms with Crippen molar-refractivity contribution in [3.8, 4) is 0 Å². The van der Waals surface area contributed by atoms with Gasteiger partial charge < -0.3 is 11.1 Å². The zero-order chi connectivity index (χ0) is 13.9. The smallest absolute Gasteiger partial charge is 0.224 e. The zero-order valence-electron chi connectivity index (χ0n) is 11.9. The van der Waals surface area contributed by atoms with E-state index < -0.39 is 0 Å². The molecule has 1 aromatic rings. The van der Waals surface area contributed by atoms with Gasteiger partial charge in [0.2, 0.25) is 5.91 Å². The molecule has 0 radical (unpaired) electrons. The summed E-state index contributed by atoms with van der Waals surface area (Å²) in [6.45, 7) is 4.89. The topological polar surface area (TPSA) is 55.1 Å². The number of nitrogens with two attached hydrogens (primary N) is 1. The van der Waals surface area contributed by atoms with Crippen LogP contribution in [0.5, 0.6) is 0 Å². The molecule has 0 aliphatic heterocycles. The largest absolute Gasteiger partial charge is 0.355 e. The molecule has 2 rings (SSSR count). The van der Waals surface area contributed by atoms with E-state index in [1.807, 2.05) is 37.3 Å². The number of carbonyl (C=O) groups excluding carboxylic acids is 1. The van der Waals surface area contributed by atoms with E-state index in [1.54, 1.807) is 0 Å². The van der Waals surface area contributed by atoms with E-state index in [2.05, 4.69) is 12.2 Å². The Morgan fingerprint density at radius 3 is 2.53 bits per heavy atom. The average molecular weight is 260 g/mol. The van der Waals surface area contributed by atoms with Gasteiger partial charge in [0.05, 0.1) is 5.92 Å². The van der Waals surface area contributed by atoms with Gasteiger partial charge >= 0.3 is 0 Å². The van der Waals surface area contributed by atoms with Gasteiger partial charge in [-0.25, -0.2) is 0 Å². The van der Waals surface area contributed by atoms with Gasteiger partial charge in [0, 0.05) is 12.6 Å². The Bertz CT molecular complexity index is 426. The molecular formula is C16H24N2O. The van der Waals surface area contributed by atoms with E-state index in [1.165, 1.54) is 12.8 Å². The number of carbonyl (C=O) groups is 1. The van der Waals surface area contributed by atoms with Crippen molar-refractivity contribution >= 4 is 5.91 Å². The molecule has 0 saturated heterocycles. The summed E-state index contributed by atoms with van der Waals surface area (Å²) in [4.78, 5) is 12.2. The maximum atomic E-state index is 12.2. The number of rotatable bonds is 6. The molecule has 1 aliphatic carbocycles. The van der Waals surface area contributed by atoms with Gasteiger partial charge in [-0.3, -0.25) is 4.79 Å². The second-order valence-electron chi connectivity index (χ2n) is 5.80. The monoisotopic (exact) mass is 260 g/mol. The van der Waals surface area contributed by atoms with E-state index in [0.29, 0.717) is 5.41 Å². The molecule has 1 amide bonds. The summed E-state index contributed by atoms with van der Waals surface area (Å²) in [7, 11) is 0. The lowest BCUT2D eigenvalue weighted by molar-refractivity contribution is -0.125. The Balaban J connectivity index is 1.88. The van der Waals surface area contributed by atoms with Crippen LogP contribution in [0.15, 0.2) is 30.3 Å². The van der Waals surface area contributed by atoms with Crippen LogP contribution in [-0.4, -0.2) is 12.5 Å². The third-order valence-corrected chi connectivity index (χ3v) is 4.48. The molecule has 104 valence electrons. The highest BCUT2D eigenvalue weighted by Gasteiger charge is 2.41. The molecule has 3 nitrogen and oxygen atoms in total. The first-order chi connectivity index (χ1) is 9.08. The molecule has 2 unspecified atom stereocenters. The van der Waals surface area contributed by atoms with Crippen molar-refractivity contribution < 1.29 is 4.79 Å². The molecule has 0 spiro atoms. The van der Waals surface area contributed by atoms with Crippen molar-refractivity contribution in [3.05, 3.63) is 35.9 Å². The Labute approximate surface area is 115 Å². The Hall–Kier alpha value is -1.35. The molecule has 0 aromatic heterocycles. The van der Waals surface area contributed by atoms with Crippen molar-refractivity contribution in [1.29, 1.82) is 0 Å². The van der Waals surface area contributed by atoms with Crippen LogP contribution >= 0.6 is 0 Å². The van der Waals surface area contributed by atoms with E-state index in [4.69, 9.17) is 5.73 Å². The van der Waals surface area contributed by atoms with Crippen LogP contribution in [0.4, 0.5) is 0 Å². The third kappa shape index (κ3) is 3.35. The molecular weight excluding hydrogens is 236 g/mol. The van der Waals surface area contributed by atoms with Gasteiger partial charge in [-0.1, -0.05) is 44.2 Å². The number of benzene rings is 1. The zero-order valence-corrected chi connectivity index (χ0v) is 11.9. The molecule has 1 aliphatic rings. The predicted octanol–water partition coefficient (Wildman–Crippen LogP) is 2.63. The highest BCUT2D eigenvalue weighted by Crippen LogP contribution is 2.47. The Morgan fingerprint density at radius 1 is 1.37 bits per heavy atom. The third-order valence-electron chi connectivity index (χ3n) is 4.48. The van der Waals surface area contributed by atoms with E-state index in [-0.39, 0.29) is 17.9 Å². The maximum absolute atomic E-state index is 12.2. The molecule has 3 N–H and O–H groups in total. The van der Waals surface area contributed by atoms with E-state index in [0.717, 1.165) is 18.5 Å². The summed E-state index contributed by atoms with van der Waals surface area (Å²) >= 11 is 0. The molecule has 0 bridgehead atoms. The molecule has 2 atom stereocenters. The number of hydrogen-bond acceptors (Lipinski definition) is 2. The van der Waals surface area contributed by atoms with Crippen molar-refractivity contribution in [2.75, 3.05) is 6.54 Å². The van der Waals surface area contributed by atoms with Crippen molar-refractivity contribution in [1.82, 2.24) is 5.32 Å². The molecule has 0 heterocycles. The number of amides is 1. The van der Waals surface area contributed by atoms with Crippen LogP contribution in [0.2, 0.25) is 0 Å². The van der Waals surface area contributed by atoms with Crippen molar-refractivity contribution in [2.45, 2.75) is 39.2 Å². The lowest BCUT2D eigenvalue weighted by atomic mass is 9.94.